The van der Waals surface area contributed by atoms with Crippen LogP contribution in [0.4, 0.5) is 5.82 Å². The van der Waals surface area contributed by atoms with Gasteiger partial charge in [0.25, 0.3) is 0 Å². The maximum Gasteiger partial charge on any atom is 0.141 e. The van der Waals surface area contributed by atoms with Gasteiger partial charge in [-0.1, -0.05) is 18.2 Å². The van der Waals surface area contributed by atoms with Crippen LogP contribution in [0.5, 0.6) is 0 Å². The number of anilines is 1. The van der Waals surface area contributed by atoms with Crippen LogP contribution < -0.4 is 5.73 Å². The molecule has 2 N–H and O–H groups in total. The zero-order valence-electron chi connectivity index (χ0n) is 6.51. The predicted molar refractivity (Wildman–Crippen MR) is 48.0 cm³/mol. The number of nitrogen functional groups attached to an aromatic ring is 1. The minimum absolute atomic E-state index is 0.541. The zero-order chi connectivity index (χ0) is 8.39. The van der Waals surface area contributed by atoms with E-state index in [1.54, 1.807) is 12.5 Å². The molecule has 0 saturated carbocycles. The molecule has 0 atom stereocenters. The molecule has 1 aromatic carbocycles. The van der Waals surface area contributed by atoms with Gasteiger partial charge < -0.3 is 10.3 Å². The van der Waals surface area contributed by atoms with Gasteiger partial charge in [-0.25, -0.2) is 4.98 Å². The van der Waals surface area contributed by atoms with Gasteiger partial charge in [-0.3, -0.25) is 0 Å². The zero-order valence-corrected chi connectivity index (χ0v) is 6.51. The third-order valence-electron chi connectivity index (χ3n) is 1.66. The molecule has 0 unspecified atom stereocenters. The summed E-state index contributed by atoms with van der Waals surface area (Å²) in [6.45, 7) is 0. The highest BCUT2D eigenvalue weighted by atomic mass is 15.1. The Hall–Kier alpha value is -1.77. The van der Waals surface area contributed by atoms with Gasteiger partial charge in [-0.05, 0) is 12.1 Å². The fourth-order valence-corrected chi connectivity index (χ4v) is 1.08. The third-order valence-corrected chi connectivity index (χ3v) is 1.66. The SMILES string of the molecule is Nc1cn(-c2ccccc2)cn1. The number of nitrogens with zero attached hydrogens (tertiary/aromatic N) is 2. The molecule has 12 heavy (non-hydrogen) atoms. The summed E-state index contributed by atoms with van der Waals surface area (Å²) in [4.78, 5) is 3.93. The molecule has 2 aromatic rings. The van der Waals surface area contributed by atoms with Crippen LogP contribution in [-0.2, 0) is 0 Å². The van der Waals surface area contributed by atoms with Crippen LogP contribution in [0.1, 0.15) is 0 Å². The molecule has 0 fully saturated rings. The van der Waals surface area contributed by atoms with Crippen LogP contribution in [-0.4, -0.2) is 9.55 Å². The largest absolute Gasteiger partial charge is 0.382 e. The lowest BCUT2D eigenvalue weighted by molar-refractivity contribution is 1.06. The average Bonchev–Trinajstić information content (AvgIpc) is 2.54. The minimum atomic E-state index is 0.541. The molecule has 0 aliphatic heterocycles. The Labute approximate surface area is 70.5 Å². The van der Waals surface area contributed by atoms with Gasteiger partial charge >= 0.3 is 0 Å². The van der Waals surface area contributed by atoms with Crippen molar-refractivity contribution >= 4 is 5.82 Å². The Morgan fingerprint density at radius 2 is 1.92 bits per heavy atom. The molecule has 60 valence electrons. The molecule has 0 spiro atoms. The summed E-state index contributed by atoms with van der Waals surface area (Å²) >= 11 is 0. The van der Waals surface area contributed by atoms with Crippen molar-refractivity contribution in [3.63, 3.8) is 0 Å². The number of hydrogen-bond acceptors (Lipinski definition) is 2. The Balaban J connectivity index is 2.45. The number of hydrogen-bond donors (Lipinski definition) is 1. The molecule has 3 heteroatoms. The fraction of sp³-hybridized carbons (Fsp3) is 0. The summed E-state index contributed by atoms with van der Waals surface area (Å²) in [7, 11) is 0. The molecule has 1 heterocycles. The second-order valence-electron chi connectivity index (χ2n) is 2.54. The van der Waals surface area contributed by atoms with Gasteiger partial charge in [0, 0.05) is 5.69 Å². The number of imidazole rings is 1. The number of aromatic nitrogens is 2. The highest BCUT2D eigenvalue weighted by Crippen LogP contribution is 2.07. The molecular weight excluding hydrogens is 150 g/mol. The van der Waals surface area contributed by atoms with Gasteiger partial charge in [0.15, 0.2) is 0 Å². The van der Waals surface area contributed by atoms with Crippen LogP contribution >= 0.6 is 0 Å². The van der Waals surface area contributed by atoms with Crippen molar-refractivity contribution in [2.24, 2.45) is 0 Å². The normalized spacial score (nSPS) is 10.0. The summed E-state index contributed by atoms with van der Waals surface area (Å²) in [6.07, 6.45) is 3.49. The Morgan fingerprint density at radius 1 is 1.17 bits per heavy atom. The topological polar surface area (TPSA) is 43.8 Å². The summed E-state index contributed by atoms with van der Waals surface area (Å²) in [5.74, 6) is 0.541. The van der Waals surface area contributed by atoms with E-state index in [2.05, 4.69) is 4.98 Å². The van der Waals surface area contributed by atoms with E-state index < -0.39 is 0 Å². The average molecular weight is 159 g/mol. The number of benzene rings is 1. The van der Waals surface area contributed by atoms with Crippen molar-refractivity contribution in [1.29, 1.82) is 0 Å². The number of rotatable bonds is 1. The monoisotopic (exact) mass is 159 g/mol. The Morgan fingerprint density at radius 3 is 2.50 bits per heavy atom. The molecule has 0 amide bonds. The molecule has 3 nitrogen and oxygen atoms in total. The fourth-order valence-electron chi connectivity index (χ4n) is 1.08. The highest BCUT2D eigenvalue weighted by molar-refractivity contribution is 5.35. The summed E-state index contributed by atoms with van der Waals surface area (Å²) < 4.78 is 1.88. The lowest BCUT2D eigenvalue weighted by atomic mass is 10.3. The van der Waals surface area contributed by atoms with Crippen molar-refractivity contribution in [3.8, 4) is 5.69 Å². The molecule has 2 rings (SSSR count). The molecule has 0 saturated heterocycles. The minimum Gasteiger partial charge on any atom is -0.382 e. The lowest BCUT2D eigenvalue weighted by Gasteiger charge is -1.98. The first kappa shape index (κ1) is 6.91. The van der Waals surface area contributed by atoms with Gasteiger partial charge in [-0.15, -0.1) is 0 Å². The van der Waals surface area contributed by atoms with E-state index >= 15 is 0 Å². The van der Waals surface area contributed by atoms with E-state index in [9.17, 15) is 0 Å². The van der Waals surface area contributed by atoms with E-state index in [-0.39, 0.29) is 0 Å². The second kappa shape index (κ2) is 2.70. The molecule has 0 aliphatic rings. The predicted octanol–water partition coefficient (Wildman–Crippen LogP) is 1.45. The molecule has 0 aliphatic carbocycles. The number of para-hydroxylation sites is 1. The summed E-state index contributed by atoms with van der Waals surface area (Å²) in [6, 6.07) is 9.93. The maximum atomic E-state index is 5.48. The van der Waals surface area contributed by atoms with Crippen LogP contribution in [0.3, 0.4) is 0 Å². The Bertz CT molecular complexity index is 364. The molecule has 0 radical (unpaired) electrons. The van der Waals surface area contributed by atoms with Crippen molar-refractivity contribution in [1.82, 2.24) is 9.55 Å². The van der Waals surface area contributed by atoms with Crippen molar-refractivity contribution in [2.75, 3.05) is 5.73 Å². The van der Waals surface area contributed by atoms with E-state index in [1.165, 1.54) is 0 Å². The van der Waals surface area contributed by atoms with Crippen LogP contribution in [0.25, 0.3) is 5.69 Å². The molecule has 0 bridgehead atoms. The summed E-state index contributed by atoms with van der Waals surface area (Å²) in [5.41, 5.74) is 6.56. The van der Waals surface area contributed by atoms with Gasteiger partial charge in [0.2, 0.25) is 0 Å². The lowest BCUT2D eigenvalue weighted by Crippen LogP contribution is -1.88. The van der Waals surface area contributed by atoms with Gasteiger partial charge in [0.05, 0.1) is 6.20 Å². The second-order valence-corrected chi connectivity index (χ2v) is 2.54. The van der Waals surface area contributed by atoms with Crippen LogP contribution in [0.2, 0.25) is 0 Å². The first-order valence-corrected chi connectivity index (χ1v) is 3.71. The molecular formula is C9H9N3. The van der Waals surface area contributed by atoms with Crippen molar-refractivity contribution < 1.29 is 0 Å². The van der Waals surface area contributed by atoms with E-state index in [0.29, 0.717) is 5.82 Å². The smallest absolute Gasteiger partial charge is 0.141 e. The van der Waals surface area contributed by atoms with Crippen molar-refractivity contribution in [2.45, 2.75) is 0 Å². The maximum absolute atomic E-state index is 5.48. The van der Waals surface area contributed by atoms with E-state index in [4.69, 9.17) is 5.73 Å². The third kappa shape index (κ3) is 1.16. The van der Waals surface area contributed by atoms with Crippen LogP contribution in [0.15, 0.2) is 42.9 Å². The van der Waals surface area contributed by atoms with Crippen LogP contribution in [0, 0.1) is 0 Å². The van der Waals surface area contributed by atoms with Gasteiger partial charge in [0.1, 0.15) is 12.1 Å². The first-order chi connectivity index (χ1) is 5.86. The van der Waals surface area contributed by atoms with E-state index in [1.807, 2.05) is 34.9 Å². The quantitative estimate of drug-likeness (QED) is 0.684. The van der Waals surface area contributed by atoms with Crippen molar-refractivity contribution in [3.05, 3.63) is 42.9 Å². The standard InChI is InChI=1S/C9H9N3/c10-9-6-12(7-11-9)8-4-2-1-3-5-8/h1-7H,10H2. The number of nitrogens with two attached hydrogens (primary N) is 1. The molecule has 1 aromatic heterocycles. The first-order valence-electron chi connectivity index (χ1n) is 3.71. The highest BCUT2D eigenvalue weighted by Gasteiger charge is 1.94. The summed E-state index contributed by atoms with van der Waals surface area (Å²) in [5, 5.41) is 0. The van der Waals surface area contributed by atoms with Gasteiger partial charge in [-0.2, -0.15) is 0 Å². The Kier molecular flexibility index (Phi) is 1.55. The van der Waals surface area contributed by atoms with E-state index in [0.717, 1.165) is 5.69 Å².